The second-order valence-corrected chi connectivity index (χ2v) is 6.59. The van der Waals surface area contributed by atoms with E-state index in [1.807, 2.05) is 0 Å². The van der Waals surface area contributed by atoms with Crippen molar-refractivity contribution in [3.8, 4) is 0 Å². The van der Waals surface area contributed by atoms with Crippen LogP contribution in [0.25, 0.3) is 0 Å². The van der Waals surface area contributed by atoms with Gasteiger partial charge in [-0.3, -0.25) is 11.3 Å². The highest BCUT2D eigenvalue weighted by molar-refractivity contribution is 9.10. The minimum Gasteiger partial charge on any atom is -0.271 e. The van der Waals surface area contributed by atoms with Gasteiger partial charge in [-0.1, -0.05) is 41.8 Å². The fraction of sp³-hybridized carbons (Fsp3) is 0.600. The lowest BCUT2D eigenvalue weighted by Crippen LogP contribution is -2.36. The summed E-state index contributed by atoms with van der Waals surface area (Å²) in [5.74, 6) is 7.32. The summed E-state index contributed by atoms with van der Waals surface area (Å²) in [6.07, 6.45) is 5.26. The maximum Gasteiger partial charge on any atom is 0.0491 e. The standard InChI is InChI=1S/C15H23BrN2/c1-10-4-3-5-12(8-10)15(18-17)14-9-13(16)7-6-11(14)2/h6-7,9-10,12,15,18H,3-5,8,17H2,1-2H3. The minimum absolute atomic E-state index is 0.283. The normalized spacial score (nSPS) is 26.0. The van der Waals surface area contributed by atoms with Crippen LogP contribution in [0.1, 0.15) is 49.8 Å². The number of nitrogens with two attached hydrogens (primary N) is 1. The van der Waals surface area contributed by atoms with Crippen LogP contribution in [-0.2, 0) is 0 Å². The van der Waals surface area contributed by atoms with Crippen molar-refractivity contribution in [2.24, 2.45) is 17.7 Å². The molecular weight excluding hydrogens is 288 g/mol. The zero-order chi connectivity index (χ0) is 13.1. The molecule has 0 amide bonds. The Balaban J connectivity index is 2.24. The molecule has 1 aromatic rings. The first-order valence-electron chi connectivity index (χ1n) is 6.84. The Bertz CT molecular complexity index is 405. The largest absolute Gasteiger partial charge is 0.271 e. The van der Waals surface area contributed by atoms with Gasteiger partial charge in [0, 0.05) is 10.5 Å². The van der Waals surface area contributed by atoms with Gasteiger partial charge in [0.05, 0.1) is 0 Å². The van der Waals surface area contributed by atoms with Crippen molar-refractivity contribution in [1.29, 1.82) is 0 Å². The van der Waals surface area contributed by atoms with Gasteiger partial charge in [-0.15, -0.1) is 0 Å². The van der Waals surface area contributed by atoms with E-state index in [0.717, 1.165) is 10.4 Å². The highest BCUT2D eigenvalue weighted by Crippen LogP contribution is 2.38. The molecular formula is C15H23BrN2. The SMILES string of the molecule is Cc1ccc(Br)cc1C(NN)C1CCCC(C)C1. The van der Waals surface area contributed by atoms with Gasteiger partial charge in [0.25, 0.3) is 0 Å². The predicted octanol–water partition coefficient (Wildman–Crippen LogP) is 4.09. The summed E-state index contributed by atoms with van der Waals surface area (Å²) < 4.78 is 1.13. The molecule has 3 unspecified atom stereocenters. The van der Waals surface area contributed by atoms with Crippen LogP contribution in [-0.4, -0.2) is 0 Å². The second kappa shape index (κ2) is 6.18. The zero-order valence-corrected chi connectivity index (χ0v) is 12.8. The fourth-order valence-corrected chi connectivity index (χ4v) is 3.59. The van der Waals surface area contributed by atoms with Gasteiger partial charge in [0.1, 0.15) is 0 Å². The van der Waals surface area contributed by atoms with Gasteiger partial charge in [-0.05, 0) is 54.9 Å². The van der Waals surface area contributed by atoms with E-state index >= 15 is 0 Å². The lowest BCUT2D eigenvalue weighted by Gasteiger charge is -2.34. The molecule has 1 aromatic carbocycles. The topological polar surface area (TPSA) is 38.0 Å². The van der Waals surface area contributed by atoms with Gasteiger partial charge in [-0.25, -0.2) is 0 Å². The quantitative estimate of drug-likeness (QED) is 0.652. The molecule has 3 N–H and O–H groups in total. The van der Waals surface area contributed by atoms with Crippen LogP contribution in [0.4, 0.5) is 0 Å². The van der Waals surface area contributed by atoms with Crippen LogP contribution in [0, 0.1) is 18.8 Å². The molecule has 18 heavy (non-hydrogen) atoms. The summed E-state index contributed by atoms with van der Waals surface area (Å²) >= 11 is 3.56. The van der Waals surface area contributed by atoms with Crippen molar-refractivity contribution >= 4 is 15.9 Å². The van der Waals surface area contributed by atoms with E-state index < -0.39 is 0 Å². The van der Waals surface area contributed by atoms with Gasteiger partial charge in [-0.2, -0.15) is 0 Å². The molecule has 0 radical (unpaired) electrons. The van der Waals surface area contributed by atoms with E-state index in [-0.39, 0.29) is 6.04 Å². The Morgan fingerprint density at radius 1 is 1.39 bits per heavy atom. The lowest BCUT2D eigenvalue weighted by molar-refractivity contribution is 0.224. The van der Waals surface area contributed by atoms with Crippen LogP contribution in [0.3, 0.4) is 0 Å². The summed E-state index contributed by atoms with van der Waals surface area (Å²) in [7, 11) is 0. The third kappa shape index (κ3) is 3.14. The van der Waals surface area contributed by atoms with Crippen molar-refractivity contribution in [2.45, 2.75) is 45.6 Å². The third-order valence-corrected chi connectivity index (χ3v) is 4.70. The summed E-state index contributed by atoms with van der Waals surface area (Å²) in [6.45, 7) is 4.52. The molecule has 0 heterocycles. The molecule has 1 saturated carbocycles. The molecule has 3 atom stereocenters. The Labute approximate surface area is 118 Å². The Kier molecular flexibility index (Phi) is 4.82. The molecule has 2 nitrogen and oxygen atoms in total. The summed E-state index contributed by atoms with van der Waals surface area (Å²) in [4.78, 5) is 0. The van der Waals surface area contributed by atoms with Crippen molar-refractivity contribution in [2.75, 3.05) is 0 Å². The Morgan fingerprint density at radius 2 is 2.17 bits per heavy atom. The number of hydrogen-bond acceptors (Lipinski definition) is 2. The fourth-order valence-electron chi connectivity index (χ4n) is 3.21. The van der Waals surface area contributed by atoms with Gasteiger partial charge >= 0.3 is 0 Å². The van der Waals surface area contributed by atoms with Crippen LogP contribution in [0.15, 0.2) is 22.7 Å². The van der Waals surface area contributed by atoms with Crippen molar-refractivity contribution in [3.63, 3.8) is 0 Å². The predicted molar refractivity (Wildman–Crippen MR) is 80.1 cm³/mol. The minimum atomic E-state index is 0.283. The summed E-state index contributed by atoms with van der Waals surface area (Å²) in [5.41, 5.74) is 5.71. The molecule has 0 aromatic heterocycles. The summed E-state index contributed by atoms with van der Waals surface area (Å²) in [5, 5.41) is 0. The van der Waals surface area contributed by atoms with Crippen LogP contribution < -0.4 is 11.3 Å². The van der Waals surface area contributed by atoms with E-state index in [9.17, 15) is 0 Å². The number of nitrogens with one attached hydrogen (secondary N) is 1. The molecule has 0 spiro atoms. The second-order valence-electron chi connectivity index (χ2n) is 5.68. The zero-order valence-electron chi connectivity index (χ0n) is 11.2. The third-order valence-electron chi connectivity index (χ3n) is 4.20. The molecule has 1 aliphatic carbocycles. The number of halogens is 1. The average molecular weight is 311 g/mol. The van der Waals surface area contributed by atoms with Gasteiger partial charge in [0.15, 0.2) is 0 Å². The maximum absolute atomic E-state index is 5.83. The van der Waals surface area contributed by atoms with E-state index in [2.05, 4.69) is 53.4 Å². The molecule has 1 aliphatic rings. The van der Waals surface area contributed by atoms with E-state index in [1.54, 1.807) is 0 Å². The van der Waals surface area contributed by atoms with Gasteiger partial charge in [0.2, 0.25) is 0 Å². The monoisotopic (exact) mass is 310 g/mol. The number of benzene rings is 1. The molecule has 1 fully saturated rings. The number of hydrogen-bond donors (Lipinski definition) is 2. The van der Waals surface area contributed by atoms with Crippen LogP contribution in [0.2, 0.25) is 0 Å². The van der Waals surface area contributed by atoms with Crippen LogP contribution >= 0.6 is 15.9 Å². The maximum atomic E-state index is 5.83. The Morgan fingerprint density at radius 3 is 2.83 bits per heavy atom. The number of rotatable bonds is 3. The van der Waals surface area contributed by atoms with Crippen molar-refractivity contribution in [3.05, 3.63) is 33.8 Å². The molecule has 2 rings (SSSR count). The summed E-state index contributed by atoms with van der Waals surface area (Å²) in [6, 6.07) is 6.75. The lowest BCUT2D eigenvalue weighted by atomic mass is 9.76. The molecule has 0 aliphatic heterocycles. The first kappa shape index (κ1) is 14.0. The highest BCUT2D eigenvalue weighted by Gasteiger charge is 2.28. The van der Waals surface area contributed by atoms with E-state index in [4.69, 9.17) is 5.84 Å². The number of aryl methyl sites for hydroxylation is 1. The van der Waals surface area contributed by atoms with Gasteiger partial charge < -0.3 is 0 Å². The van der Waals surface area contributed by atoms with Crippen molar-refractivity contribution in [1.82, 2.24) is 5.43 Å². The highest BCUT2D eigenvalue weighted by atomic mass is 79.9. The van der Waals surface area contributed by atoms with Crippen molar-refractivity contribution < 1.29 is 0 Å². The molecule has 3 heteroatoms. The number of hydrazine groups is 1. The van der Waals surface area contributed by atoms with Crippen LogP contribution in [0.5, 0.6) is 0 Å². The molecule has 100 valence electrons. The van der Waals surface area contributed by atoms with E-state index in [1.165, 1.54) is 36.8 Å². The Hall–Kier alpha value is -0.380. The first-order chi connectivity index (χ1) is 8.61. The van der Waals surface area contributed by atoms with E-state index in [0.29, 0.717) is 5.92 Å². The smallest absolute Gasteiger partial charge is 0.0491 e. The average Bonchev–Trinajstić information content (AvgIpc) is 2.35. The molecule has 0 bridgehead atoms. The molecule has 0 saturated heterocycles. The first-order valence-corrected chi connectivity index (χ1v) is 7.63.